The van der Waals surface area contributed by atoms with Crippen molar-refractivity contribution >= 4 is 17.3 Å². The number of hydrogen-bond acceptors (Lipinski definition) is 4. The maximum atomic E-state index is 10.3. The molecule has 18 heavy (non-hydrogen) atoms. The van der Waals surface area contributed by atoms with Gasteiger partial charge in [-0.05, 0) is 18.2 Å². The van der Waals surface area contributed by atoms with Crippen LogP contribution in [-0.4, -0.2) is 30.5 Å². The molecule has 0 amide bonds. The van der Waals surface area contributed by atoms with E-state index in [0.29, 0.717) is 43.2 Å². The van der Waals surface area contributed by atoms with Crippen LogP contribution >= 0.6 is 11.6 Å². The van der Waals surface area contributed by atoms with E-state index in [2.05, 4.69) is 5.32 Å². The minimum absolute atomic E-state index is 0.418. The quantitative estimate of drug-likeness (QED) is 0.880. The van der Waals surface area contributed by atoms with Crippen molar-refractivity contribution in [3.63, 3.8) is 0 Å². The van der Waals surface area contributed by atoms with E-state index in [1.54, 1.807) is 18.2 Å². The summed E-state index contributed by atoms with van der Waals surface area (Å²) in [6.45, 7) is 1.64. The first kappa shape index (κ1) is 13.2. The van der Waals surface area contributed by atoms with Gasteiger partial charge >= 0.3 is 0 Å². The van der Waals surface area contributed by atoms with Gasteiger partial charge in [0.2, 0.25) is 0 Å². The molecule has 5 heteroatoms. The molecule has 0 unspecified atom stereocenters. The highest BCUT2D eigenvalue weighted by Gasteiger charge is 2.29. The molecule has 1 fully saturated rings. The number of nitriles is 1. The fourth-order valence-corrected chi connectivity index (χ4v) is 2.13. The third-order valence-electron chi connectivity index (χ3n) is 3.13. The second kappa shape index (κ2) is 5.57. The molecule has 4 nitrogen and oxygen atoms in total. The van der Waals surface area contributed by atoms with E-state index in [1.165, 1.54) is 0 Å². The van der Waals surface area contributed by atoms with Crippen LogP contribution in [-0.2, 0) is 4.74 Å². The molecule has 1 aliphatic rings. The molecule has 1 aromatic carbocycles. The first-order chi connectivity index (χ1) is 8.63. The monoisotopic (exact) mass is 266 g/mol. The molecular weight excluding hydrogens is 252 g/mol. The number of nitrogens with zero attached hydrogens (tertiary/aromatic N) is 1. The summed E-state index contributed by atoms with van der Waals surface area (Å²) < 4.78 is 5.22. The Morgan fingerprint density at radius 2 is 2.17 bits per heavy atom. The molecule has 0 bridgehead atoms. The largest absolute Gasteiger partial charge is 0.388 e. The Labute approximate surface area is 111 Å². The number of ether oxygens (including phenoxy) is 1. The van der Waals surface area contributed by atoms with E-state index in [9.17, 15) is 5.11 Å². The SMILES string of the molecule is N#Cc1ccc(NCC2(O)CCOCC2)cc1Cl. The molecule has 0 atom stereocenters. The molecule has 1 heterocycles. The summed E-state index contributed by atoms with van der Waals surface area (Å²) in [7, 11) is 0. The number of anilines is 1. The second-order valence-electron chi connectivity index (χ2n) is 4.50. The van der Waals surface area contributed by atoms with E-state index in [1.807, 2.05) is 6.07 Å². The van der Waals surface area contributed by atoms with Crippen LogP contribution < -0.4 is 5.32 Å². The molecule has 1 saturated heterocycles. The molecule has 0 aliphatic carbocycles. The van der Waals surface area contributed by atoms with Crippen LogP contribution in [0.2, 0.25) is 5.02 Å². The fraction of sp³-hybridized carbons (Fsp3) is 0.462. The van der Waals surface area contributed by atoms with Crippen molar-refractivity contribution < 1.29 is 9.84 Å². The highest BCUT2D eigenvalue weighted by molar-refractivity contribution is 6.32. The van der Waals surface area contributed by atoms with Gasteiger partial charge in [-0.2, -0.15) is 5.26 Å². The summed E-state index contributed by atoms with van der Waals surface area (Å²) in [5, 5.41) is 22.6. The average molecular weight is 267 g/mol. The number of halogens is 1. The van der Waals surface area contributed by atoms with E-state index in [4.69, 9.17) is 21.6 Å². The van der Waals surface area contributed by atoms with Crippen molar-refractivity contribution in [2.75, 3.05) is 25.1 Å². The highest BCUT2D eigenvalue weighted by Crippen LogP contribution is 2.23. The highest BCUT2D eigenvalue weighted by atomic mass is 35.5. The average Bonchev–Trinajstić information content (AvgIpc) is 2.38. The summed E-state index contributed by atoms with van der Waals surface area (Å²) in [4.78, 5) is 0. The first-order valence-corrected chi connectivity index (χ1v) is 6.24. The Balaban J connectivity index is 1.98. The fourth-order valence-electron chi connectivity index (χ4n) is 1.91. The standard InChI is InChI=1S/C13H15ClN2O2/c14-12-7-11(2-1-10(12)8-15)16-9-13(17)3-5-18-6-4-13/h1-2,7,16-17H,3-6,9H2. The molecular formula is C13H15ClN2O2. The molecule has 0 spiro atoms. The summed E-state index contributed by atoms with van der Waals surface area (Å²) in [6, 6.07) is 7.16. The van der Waals surface area contributed by atoms with Crippen LogP contribution in [0.4, 0.5) is 5.69 Å². The zero-order chi connectivity index (χ0) is 13.0. The summed E-state index contributed by atoms with van der Waals surface area (Å²) in [5.74, 6) is 0. The van der Waals surface area contributed by atoms with Crippen LogP contribution in [0.1, 0.15) is 18.4 Å². The Bertz CT molecular complexity index is 465. The zero-order valence-electron chi connectivity index (χ0n) is 9.95. The van der Waals surface area contributed by atoms with Gasteiger partial charge in [0.05, 0.1) is 16.2 Å². The summed E-state index contributed by atoms with van der Waals surface area (Å²) in [5.41, 5.74) is 0.532. The normalized spacial score (nSPS) is 18.1. The van der Waals surface area contributed by atoms with Crippen LogP contribution in [0.5, 0.6) is 0 Å². The predicted octanol–water partition coefficient (Wildman–Crippen LogP) is 2.17. The lowest BCUT2D eigenvalue weighted by Crippen LogP contribution is -2.42. The van der Waals surface area contributed by atoms with Crippen LogP contribution in [0.25, 0.3) is 0 Å². The van der Waals surface area contributed by atoms with Crippen LogP contribution in [0.15, 0.2) is 18.2 Å². The van der Waals surface area contributed by atoms with Gasteiger partial charge in [-0.1, -0.05) is 11.6 Å². The number of hydrogen-bond donors (Lipinski definition) is 2. The molecule has 1 aliphatic heterocycles. The molecule has 2 N–H and O–H groups in total. The van der Waals surface area contributed by atoms with Gasteiger partial charge in [0.1, 0.15) is 6.07 Å². The van der Waals surface area contributed by atoms with Gasteiger partial charge in [-0.15, -0.1) is 0 Å². The van der Waals surface area contributed by atoms with E-state index >= 15 is 0 Å². The molecule has 0 saturated carbocycles. The van der Waals surface area contributed by atoms with Crippen molar-refractivity contribution in [2.45, 2.75) is 18.4 Å². The minimum Gasteiger partial charge on any atom is -0.388 e. The topological polar surface area (TPSA) is 65.3 Å². The maximum Gasteiger partial charge on any atom is 0.101 e. The molecule has 0 aromatic heterocycles. The van der Waals surface area contributed by atoms with Crippen molar-refractivity contribution in [1.82, 2.24) is 0 Å². The zero-order valence-corrected chi connectivity index (χ0v) is 10.7. The molecule has 2 rings (SSSR count). The molecule has 96 valence electrons. The van der Waals surface area contributed by atoms with E-state index in [0.717, 1.165) is 5.69 Å². The lowest BCUT2D eigenvalue weighted by atomic mass is 9.94. The van der Waals surface area contributed by atoms with Gasteiger partial charge < -0.3 is 15.2 Å². The van der Waals surface area contributed by atoms with Crippen molar-refractivity contribution in [3.8, 4) is 6.07 Å². The van der Waals surface area contributed by atoms with Crippen molar-refractivity contribution in [3.05, 3.63) is 28.8 Å². The summed E-state index contributed by atoms with van der Waals surface area (Å²) in [6.07, 6.45) is 1.26. The summed E-state index contributed by atoms with van der Waals surface area (Å²) >= 11 is 5.94. The van der Waals surface area contributed by atoms with Crippen LogP contribution in [0.3, 0.4) is 0 Å². The third-order valence-corrected chi connectivity index (χ3v) is 3.45. The number of benzene rings is 1. The van der Waals surface area contributed by atoms with E-state index in [-0.39, 0.29) is 0 Å². The van der Waals surface area contributed by atoms with Gasteiger partial charge in [-0.25, -0.2) is 0 Å². The number of nitrogens with one attached hydrogen (secondary N) is 1. The lowest BCUT2D eigenvalue weighted by molar-refractivity contribution is -0.0543. The Morgan fingerprint density at radius 1 is 1.44 bits per heavy atom. The maximum absolute atomic E-state index is 10.3. The Kier molecular flexibility index (Phi) is 4.07. The van der Waals surface area contributed by atoms with Crippen molar-refractivity contribution in [2.24, 2.45) is 0 Å². The Hall–Kier alpha value is -1.28. The van der Waals surface area contributed by atoms with Gasteiger partial charge in [-0.3, -0.25) is 0 Å². The van der Waals surface area contributed by atoms with E-state index < -0.39 is 5.60 Å². The molecule has 0 radical (unpaired) electrons. The minimum atomic E-state index is -0.724. The smallest absolute Gasteiger partial charge is 0.101 e. The predicted molar refractivity (Wildman–Crippen MR) is 69.7 cm³/mol. The lowest BCUT2D eigenvalue weighted by Gasteiger charge is -2.32. The van der Waals surface area contributed by atoms with Gasteiger partial charge in [0.15, 0.2) is 0 Å². The molecule has 1 aromatic rings. The number of rotatable bonds is 3. The van der Waals surface area contributed by atoms with Gasteiger partial charge in [0.25, 0.3) is 0 Å². The van der Waals surface area contributed by atoms with Crippen molar-refractivity contribution in [1.29, 1.82) is 5.26 Å². The first-order valence-electron chi connectivity index (χ1n) is 5.87. The van der Waals surface area contributed by atoms with Crippen LogP contribution in [0, 0.1) is 11.3 Å². The third kappa shape index (κ3) is 3.14. The number of aliphatic hydroxyl groups is 1. The van der Waals surface area contributed by atoms with Gasteiger partial charge in [0, 0.05) is 38.3 Å². The Morgan fingerprint density at radius 3 is 2.78 bits per heavy atom. The second-order valence-corrected chi connectivity index (χ2v) is 4.90.